The highest BCUT2D eigenvalue weighted by Gasteiger charge is 2.31. The maximum atomic E-state index is 13.2. The van der Waals surface area contributed by atoms with Crippen LogP contribution in [0.25, 0.3) is 0 Å². The molecule has 1 N–H and O–H groups in total. The summed E-state index contributed by atoms with van der Waals surface area (Å²) >= 11 is 0. The van der Waals surface area contributed by atoms with Crippen molar-refractivity contribution in [2.45, 2.75) is 38.3 Å². The molecule has 5 rings (SSSR count). The standard InChI is InChI=1S/C31H36N4O6/c1-34-18-23(14-27(34)31(37)39-3)33-20-40-12-10-21-7-6-8-22(13-21)19-41-29-16-26-25(15-28(29)38-2)30(36)35-11-5-4-9-24(35)17-32-26/h6-8,13-18,24,33H,4-5,9-12,19-20H2,1-3H3/t24-/m0/s1. The van der Waals surface area contributed by atoms with Gasteiger partial charge in [-0.15, -0.1) is 0 Å². The summed E-state index contributed by atoms with van der Waals surface area (Å²) < 4.78 is 24.0. The van der Waals surface area contributed by atoms with E-state index < -0.39 is 0 Å². The Morgan fingerprint density at radius 2 is 1.95 bits per heavy atom. The number of hydrogen-bond donors (Lipinski definition) is 1. The molecule has 216 valence electrons. The zero-order valence-electron chi connectivity index (χ0n) is 23.7. The molecule has 0 saturated carbocycles. The first kappa shape index (κ1) is 28.2. The topological polar surface area (TPSA) is 104 Å². The normalized spacial score (nSPS) is 16.0. The summed E-state index contributed by atoms with van der Waals surface area (Å²) in [5.41, 5.74) is 4.54. The molecule has 1 saturated heterocycles. The van der Waals surface area contributed by atoms with Crippen LogP contribution in [0.5, 0.6) is 11.5 Å². The molecule has 1 atom stereocenters. The molecular weight excluding hydrogens is 524 g/mol. The molecule has 0 radical (unpaired) electrons. The van der Waals surface area contributed by atoms with Crippen LogP contribution in [0, 0.1) is 0 Å². The van der Waals surface area contributed by atoms with Gasteiger partial charge < -0.3 is 33.7 Å². The van der Waals surface area contributed by atoms with Gasteiger partial charge in [-0.1, -0.05) is 24.3 Å². The van der Waals surface area contributed by atoms with Crippen LogP contribution in [0.4, 0.5) is 11.4 Å². The number of fused-ring (bicyclic) bond motifs is 2. The zero-order valence-corrected chi connectivity index (χ0v) is 23.7. The highest BCUT2D eigenvalue weighted by atomic mass is 16.5. The SMILES string of the molecule is COC(=O)c1cc(NCOCCc2cccc(COc3cc4c(cc3OC)C(=O)N3CCCC[C@H]3C=N4)c2)cn1C. The van der Waals surface area contributed by atoms with Crippen molar-refractivity contribution < 1.29 is 28.5 Å². The summed E-state index contributed by atoms with van der Waals surface area (Å²) in [4.78, 5) is 31.5. The fourth-order valence-electron chi connectivity index (χ4n) is 5.19. The van der Waals surface area contributed by atoms with Gasteiger partial charge in [-0.05, 0) is 48.9 Å². The third-order valence-corrected chi connectivity index (χ3v) is 7.41. The Kier molecular flexibility index (Phi) is 8.88. The lowest BCUT2D eigenvalue weighted by atomic mass is 10.0. The summed E-state index contributed by atoms with van der Waals surface area (Å²) in [6.07, 6.45) is 7.48. The van der Waals surface area contributed by atoms with Crippen LogP contribution in [0.3, 0.4) is 0 Å². The Morgan fingerprint density at radius 1 is 1.10 bits per heavy atom. The van der Waals surface area contributed by atoms with Crippen LogP contribution < -0.4 is 14.8 Å². The van der Waals surface area contributed by atoms with Gasteiger partial charge >= 0.3 is 5.97 Å². The van der Waals surface area contributed by atoms with E-state index >= 15 is 0 Å². The number of nitrogens with one attached hydrogen (secondary N) is 1. The molecule has 2 aromatic carbocycles. The van der Waals surface area contributed by atoms with Crippen LogP contribution in [-0.2, 0) is 29.5 Å². The van der Waals surface area contributed by atoms with Crippen LogP contribution in [0.2, 0.25) is 0 Å². The number of esters is 1. The Labute approximate surface area is 239 Å². The van der Waals surface area contributed by atoms with Gasteiger partial charge in [-0.25, -0.2) is 4.79 Å². The monoisotopic (exact) mass is 560 g/mol. The number of anilines is 1. The number of aryl methyl sites for hydroxylation is 1. The van der Waals surface area contributed by atoms with Gasteiger partial charge in [0.15, 0.2) is 11.5 Å². The quantitative estimate of drug-likeness (QED) is 0.205. The summed E-state index contributed by atoms with van der Waals surface area (Å²) in [7, 11) is 4.73. The third-order valence-electron chi connectivity index (χ3n) is 7.41. The molecule has 10 nitrogen and oxygen atoms in total. The van der Waals surface area contributed by atoms with E-state index in [2.05, 4.69) is 22.4 Å². The second kappa shape index (κ2) is 12.9. The number of hydrogen-bond acceptors (Lipinski definition) is 8. The van der Waals surface area contributed by atoms with Crippen molar-refractivity contribution in [2.24, 2.45) is 12.0 Å². The van der Waals surface area contributed by atoms with Gasteiger partial charge in [0.1, 0.15) is 19.0 Å². The van der Waals surface area contributed by atoms with E-state index in [9.17, 15) is 9.59 Å². The maximum absolute atomic E-state index is 13.2. The fourth-order valence-corrected chi connectivity index (χ4v) is 5.19. The number of piperidine rings is 1. The Hall–Kier alpha value is -4.31. The van der Waals surface area contributed by atoms with E-state index in [4.69, 9.17) is 18.9 Å². The number of aromatic nitrogens is 1. The van der Waals surface area contributed by atoms with Crippen molar-refractivity contribution >= 4 is 29.5 Å². The van der Waals surface area contributed by atoms with E-state index in [1.165, 1.54) is 7.11 Å². The van der Waals surface area contributed by atoms with Crippen molar-refractivity contribution in [1.29, 1.82) is 0 Å². The predicted molar refractivity (Wildman–Crippen MR) is 155 cm³/mol. The summed E-state index contributed by atoms with van der Waals surface area (Å²) in [5, 5.41) is 3.16. The number of rotatable bonds is 11. The van der Waals surface area contributed by atoms with Crippen LogP contribution >= 0.6 is 0 Å². The first-order chi connectivity index (χ1) is 20.0. The first-order valence-electron chi connectivity index (χ1n) is 13.8. The molecule has 0 bridgehead atoms. The van der Waals surface area contributed by atoms with Gasteiger partial charge in [0.2, 0.25) is 0 Å². The maximum Gasteiger partial charge on any atom is 0.354 e. The minimum atomic E-state index is -0.384. The average molecular weight is 561 g/mol. The summed E-state index contributed by atoms with van der Waals surface area (Å²) in [6, 6.07) is 13.5. The number of carbonyl (C=O) groups excluding carboxylic acids is 2. The Morgan fingerprint density at radius 3 is 2.78 bits per heavy atom. The predicted octanol–water partition coefficient (Wildman–Crippen LogP) is 4.74. The molecule has 3 aromatic rings. The van der Waals surface area contributed by atoms with Crippen LogP contribution in [-0.4, -0.2) is 67.7 Å². The first-order valence-corrected chi connectivity index (χ1v) is 13.8. The summed E-state index contributed by atoms with van der Waals surface area (Å²) in [5.74, 6) is 0.668. The average Bonchev–Trinajstić information content (AvgIpc) is 3.31. The smallest absolute Gasteiger partial charge is 0.354 e. The molecule has 0 aliphatic carbocycles. The number of methoxy groups -OCH3 is 2. The molecule has 1 fully saturated rings. The molecule has 0 spiro atoms. The molecule has 1 amide bonds. The number of benzene rings is 2. The lowest BCUT2D eigenvalue weighted by molar-refractivity contribution is 0.0589. The highest BCUT2D eigenvalue weighted by molar-refractivity contribution is 6.03. The number of nitrogens with zero attached hydrogens (tertiary/aromatic N) is 3. The number of amides is 1. The lowest BCUT2D eigenvalue weighted by Crippen LogP contribution is -2.43. The van der Waals surface area contributed by atoms with E-state index in [-0.39, 0.29) is 17.9 Å². The molecular formula is C31H36N4O6. The van der Waals surface area contributed by atoms with Crippen molar-refractivity contribution in [3.8, 4) is 11.5 Å². The molecule has 10 heteroatoms. The lowest BCUT2D eigenvalue weighted by Gasteiger charge is -2.32. The van der Waals surface area contributed by atoms with Crippen molar-refractivity contribution in [1.82, 2.24) is 9.47 Å². The molecule has 2 aliphatic heterocycles. The molecule has 3 heterocycles. The van der Waals surface area contributed by atoms with E-state index in [1.54, 1.807) is 36.9 Å². The van der Waals surface area contributed by atoms with Crippen LogP contribution in [0.1, 0.15) is 51.2 Å². The zero-order chi connectivity index (χ0) is 28.8. The second-order valence-corrected chi connectivity index (χ2v) is 10.2. The largest absolute Gasteiger partial charge is 0.493 e. The van der Waals surface area contributed by atoms with E-state index in [0.29, 0.717) is 48.4 Å². The summed E-state index contributed by atoms with van der Waals surface area (Å²) in [6.45, 7) is 1.93. The third kappa shape index (κ3) is 6.54. The highest BCUT2D eigenvalue weighted by Crippen LogP contribution is 2.38. The molecule has 0 unspecified atom stereocenters. The second-order valence-electron chi connectivity index (χ2n) is 10.2. The van der Waals surface area contributed by atoms with Crippen molar-refractivity contribution in [3.63, 3.8) is 0 Å². The van der Waals surface area contributed by atoms with Gasteiger partial charge in [-0.2, -0.15) is 0 Å². The Bertz CT molecular complexity index is 1430. The van der Waals surface area contributed by atoms with E-state index in [1.807, 2.05) is 29.4 Å². The van der Waals surface area contributed by atoms with Gasteiger partial charge in [0.05, 0.1) is 43.8 Å². The Balaban J connectivity index is 1.15. The molecule has 41 heavy (non-hydrogen) atoms. The molecule has 2 aliphatic rings. The number of ether oxygens (including phenoxy) is 4. The number of aliphatic imine (C=N–C) groups is 1. The van der Waals surface area contributed by atoms with Gasteiger partial charge in [-0.3, -0.25) is 9.79 Å². The van der Waals surface area contributed by atoms with Crippen molar-refractivity contribution in [2.75, 3.05) is 39.4 Å². The van der Waals surface area contributed by atoms with Gasteiger partial charge in [0.25, 0.3) is 5.91 Å². The number of carbonyl (C=O) groups is 2. The fraction of sp³-hybridized carbons (Fsp3) is 0.387. The van der Waals surface area contributed by atoms with Crippen molar-refractivity contribution in [3.05, 3.63) is 71.0 Å². The van der Waals surface area contributed by atoms with Gasteiger partial charge in [0, 0.05) is 32.1 Å². The van der Waals surface area contributed by atoms with Crippen LogP contribution in [0.15, 0.2) is 53.7 Å². The minimum absolute atomic E-state index is 0.00752. The van der Waals surface area contributed by atoms with E-state index in [0.717, 1.165) is 49.0 Å². The minimum Gasteiger partial charge on any atom is -0.493 e. The molecule has 1 aromatic heterocycles.